The van der Waals surface area contributed by atoms with Crippen LogP contribution in [0, 0.1) is 11.8 Å². The number of likely N-dealkylation sites (N-methyl/N-ethyl adjacent to an activating group) is 1. The van der Waals surface area contributed by atoms with Crippen LogP contribution in [-0.2, 0) is 19.6 Å². The minimum atomic E-state index is -3.90. The van der Waals surface area contributed by atoms with Crippen molar-refractivity contribution >= 4 is 27.5 Å². The lowest BCUT2D eigenvalue weighted by Crippen LogP contribution is -2.48. The molecule has 0 radical (unpaired) electrons. The maximum Gasteiger partial charge on any atom is 0.261 e. The van der Waals surface area contributed by atoms with Gasteiger partial charge in [0.05, 0.1) is 35.3 Å². The Bertz CT molecular complexity index is 1400. The number of hydrogen-bond donors (Lipinski definition) is 2. The van der Waals surface area contributed by atoms with E-state index in [0.29, 0.717) is 18.9 Å². The zero-order chi connectivity index (χ0) is 33.3. The highest BCUT2D eigenvalue weighted by Gasteiger charge is 2.32. The van der Waals surface area contributed by atoms with Crippen LogP contribution in [0.25, 0.3) is 0 Å². The number of aliphatic hydroxyl groups is 1. The minimum absolute atomic E-state index is 0.0477. The first-order chi connectivity index (χ1) is 22.0. The lowest BCUT2D eigenvalue weighted by Gasteiger charge is -2.36. The van der Waals surface area contributed by atoms with Gasteiger partial charge in [-0.05, 0) is 76.3 Å². The second-order valence-electron chi connectivity index (χ2n) is 13.0. The zero-order valence-electron chi connectivity index (χ0n) is 27.7. The van der Waals surface area contributed by atoms with E-state index in [1.807, 2.05) is 20.9 Å². The third-order valence-electron chi connectivity index (χ3n) is 9.14. The summed E-state index contributed by atoms with van der Waals surface area (Å²) in [6.07, 6.45) is 7.05. The first-order valence-corrected chi connectivity index (χ1v) is 18.2. The summed E-state index contributed by atoms with van der Waals surface area (Å²) in [5, 5.41) is 10.2. The topological polar surface area (TPSA) is 125 Å². The number of amides is 2. The Balaban J connectivity index is 1.63. The van der Waals surface area contributed by atoms with E-state index in [4.69, 9.17) is 9.47 Å². The fourth-order valence-electron chi connectivity index (χ4n) is 6.28. The highest BCUT2D eigenvalue weighted by atomic mass is 32.2. The molecule has 4 atom stereocenters. The lowest BCUT2D eigenvalue weighted by molar-refractivity contribution is -0.137. The predicted molar refractivity (Wildman–Crippen MR) is 178 cm³/mol. The van der Waals surface area contributed by atoms with Crippen LogP contribution in [0.4, 0.5) is 5.69 Å². The van der Waals surface area contributed by atoms with Gasteiger partial charge in [0.25, 0.3) is 15.9 Å². The van der Waals surface area contributed by atoms with Crippen molar-refractivity contribution < 1.29 is 32.6 Å². The average molecular weight is 658 g/mol. The zero-order valence-corrected chi connectivity index (χ0v) is 28.5. The molecule has 254 valence electrons. The summed E-state index contributed by atoms with van der Waals surface area (Å²) in [6.45, 7) is 6.64. The molecule has 2 aliphatic rings. The molecular weight excluding hydrogens is 606 g/mol. The number of sulfonamides is 1. The van der Waals surface area contributed by atoms with Gasteiger partial charge in [0, 0.05) is 44.3 Å². The Kier molecular flexibility index (Phi) is 12.9. The maximum atomic E-state index is 14.3. The third-order valence-corrected chi connectivity index (χ3v) is 10.5. The summed E-state index contributed by atoms with van der Waals surface area (Å²) in [5.74, 6) is -0.0153. The number of carbonyl (C=O) groups is 2. The summed E-state index contributed by atoms with van der Waals surface area (Å²) < 4.78 is 41.5. The van der Waals surface area contributed by atoms with Crippen LogP contribution in [0.1, 0.15) is 82.5 Å². The summed E-state index contributed by atoms with van der Waals surface area (Å²) in [4.78, 5) is 31.1. The van der Waals surface area contributed by atoms with Crippen molar-refractivity contribution in [2.45, 2.75) is 95.3 Å². The van der Waals surface area contributed by atoms with Gasteiger partial charge in [-0.3, -0.25) is 14.3 Å². The van der Waals surface area contributed by atoms with Crippen LogP contribution >= 0.6 is 0 Å². The van der Waals surface area contributed by atoms with Crippen molar-refractivity contribution in [3.63, 3.8) is 0 Å². The second-order valence-corrected chi connectivity index (χ2v) is 14.7. The highest BCUT2D eigenvalue weighted by molar-refractivity contribution is 7.92. The van der Waals surface area contributed by atoms with E-state index in [1.165, 1.54) is 24.6 Å². The standard InChI is InChI=1S/C35H51N3O7S/c1-25-22-38(26(2)24-39)35(41)31-21-29(36-46(42,43)30-16-9-6-10-17-30)18-19-32(31)45-27(3)13-11-12-20-44-33(25)23-37(4)34(40)28-14-7-5-8-15-28/h6,9-10,16-19,21,25-28,33,36,39H,5,7-8,11-15,20,22-24H2,1-4H3/t25-,26+,27+,33-/m0/s1. The van der Waals surface area contributed by atoms with E-state index in [9.17, 15) is 23.1 Å². The third kappa shape index (κ3) is 9.45. The van der Waals surface area contributed by atoms with Gasteiger partial charge < -0.3 is 24.4 Å². The van der Waals surface area contributed by atoms with Crippen LogP contribution in [0.5, 0.6) is 5.75 Å². The summed E-state index contributed by atoms with van der Waals surface area (Å²) in [5.41, 5.74) is 0.425. The number of ether oxygens (including phenoxy) is 2. The van der Waals surface area contributed by atoms with Gasteiger partial charge in [0.2, 0.25) is 5.91 Å². The number of nitrogens with one attached hydrogen (secondary N) is 1. The molecule has 46 heavy (non-hydrogen) atoms. The number of anilines is 1. The summed E-state index contributed by atoms with van der Waals surface area (Å²) in [7, 11) is -2.06. The highest BCUT2D eigenvalue weighted by Crippen LogP contribution is 2.30. The van der Waals surface area contributed by atoms with E-state index in [-0.39, 0.29) is 65.2 Å². The molecule has 0 bridgehead atoms. The molecule has 1 aliphatic heterocycles. The van der Waals surface area contributed by atoms with Crippen LogP contribution < -0.4 is 9.46 Å². The second kappa shape index (κ2) is 16.6. The molecule has 2 aromatic rings. The quantitative estimate of drug-likeness (QED) is 0.394. The SMILES string of the molecule is C[C@@H]1CCCCO[C@@H](CN(C)C(=O)C2CCCCC2)[C@@H](C)CN([C@H](C)CO)C(=O)c2cc(NS(=O)(=O)c3ccccc3)ccc2O1. The molecule has 2 N–H and O–H groups in total. The van der Waals surface area contributed by atoms with Gasteiger partial charge in [-0.1, -0.05) is 44.4 Å². The lowest BCUT2D eigenvalue weighted by atomic mass is 9.88. The minimum Gasteiger partial charge on any atom is -0.490 e. The van der Waals surface area contributed by atoms with E-state index < -0.39 is 16.1 Å². The summed E-state index contributed by atoms with van der Waals surface area (Å²) in [6, 6.07) is 12.2. The Morgan fingerprint density at radius 1 is 1.04 bits per heavy atom. The van der Waals surface area contributed by atoms with Crippen molar-refractivity contribution in [3.05, 3.63) is 54.1 Å². The first-order valence-electron chi connectivity index (χ1n) is 16.7. The molecule has 4 rings (SSSR count). The number of carbonyl (C=O) groups excluding carboxylic acids is 2. The van der Waals surface area contributed by atoms with Crippen molar-refractivity contribution in [1.29, 1.82) is 0 Å². The van der Waals surface area contributed by atoms with Gasteiger partial charge >= 0.3 is 0 Å². The number of hydrogen-bond acceptors (Lipinski definition) is 7. The molecule has 2 aromatic carbocycles. The number of benzene rings is 2. The van der Waals surface area contributed by atoms with Gasteiger partial charge in [-0.15, -0.1) is 0 Å². The van der Waals surface area contributed by atoms with E-state index in [1.54, 1.807) is 47.1 Å². The maximum absolute atomic E-state index is 14.3. The van der Waals surface area contributed by atoms with E-state index in [2.05, 4.69) is 4.72 Å². The molecular formula is C35H51N3O7S. The molecule has 1 saturated carbocycles. The molecule has 1 fully saturated rings. The largest absolute Gasteiger partial charge is 0.490 e. The number of fused-ring (bicyclic) bond motifs is 1. The van der Waals surface area contributed by atoms with Crippen LogP contribution in [0.2, 0.25) is 0 Å². The van der Waals surface area contributed by atoms with Crippen molar-refractivity contribution in [1.82, 2.24) is 9.80 Å². The molecule has 1 aliphatic carbocycles. The molecule has 1 heterocycles. The number of aliphatic hydroxyl groups excluding tert-OH is 1. The summed E-state index contributed by atoms with van der Waals surface area (Å²) >= 11 is 0. The fraction of sp³-hybridized carbons (Fsp3) is 0.600. The van der Waals surface area contributed by atoms with Gasteiger partial charge in [-0.25, -0.2) is 8.42 Å². The Hall–Kier alpha value is -3.15. The molecule has 0 saturated heterocycles. The van der Waals surface area contributed by atoms with Crippen LogP contribution in [0.3, 0.4) is 0 Å². The molecule has 10 nitrogen and oxygen atoms in total. The molecule has 11 heteroatoms. The molecule has 0 aromatic heterocycles. The van der Waals surface area contributed by atoms with Crippen LogP contribution in [0.15, 0.2) is 53.4 Å². The Morgan fingerprint density at radius 3 is 2.43 bits per heavy atom. The van der Waals surface area contributed by atoms with Crippen molar-refractivity contribution in [3.8, 4) is 5.75 Å². The van der Waals surface area contributed by atoms with Crippen molar-refractivity contribution in [2.75, 3.05) is 38.1 Å². The predicted octanol–water partition coefficient (Wildman–Crippen LogP) is 5.32. The van der Waals surface area contributed by atoms with E-state index >= 15 is 0 Å². The Labute approximate surface area is 274 Å². The molecule has 2 amide bonds. The Morgan fingerprint density at radius 2 is 1.74 bits per heavy atom. The van der Waals surface area contributed by atoms with E-state index in [0.717, 1.165) is 44.9 Å². The van der Waals surface area contributed by atoms with Crippen LogP contribution in [-0.4, -0.2) is 86.7 Å². The van der Waals surface area contributed by atoms with Gasteiger partial charge in [0.1, 0.15) is 5.75 Å². The normalized spacial score (nSPS) is 23.0. The monoisotopic (exact) mass is 657 g/mol. The van der Waals surface area contributed by atoms with Gasteiger partial charge in [0.15, 0.2) is 0 Å². The number of nitrogens with zero attached hydrogens (tertiary/aromatic N) is 2. The smallest absolute Gasteiger partial charge is 0.261 e. The average Bonchev–Trinajstić information content (AvgIpc) is 3.06. The molecule has 0 spiro atoms. The number of rotatable bonds is 8. The first kappa shape index (κ1) is 35.7. The van der Waals surface area contributed by atoms with Gasteiger partial charge in [-0.2, -0.15) is 0 Å². The van der Waals surface area contributed by atoms with Crippen molar-refractivity contribution in [2.24, 2.45) is 11.8 Å². The fourth-order valence-corrected chi connectivity index (χ4v) is 7.35. The molecule has 0 unspecified atom stereocenters.